The molecule has 1 aliphatic carbocycles. The summed E-state index contributed by atoms with van der Waals surface area (Å²) in [6.07, 6.45) is 3.96. The van der Waals surface area contributed by atoms with Gasteiger partial charge in [0.15, 0.2) is 0 Å². The Balaban J connectivity index is 1.82. The van der Waals surface area contributed by atoms with E-state index in [-0.39, 0.29) is 0 Å². The largest absolute Gasteiger partial charge is 0.399 e. The lowest BCUT2D eigenvalue weighted by molar-refractivity contribution is 0.401. The van der Waals surface area contributed by atoms with E-state index in [1.54, 1.807) is 0 Å². The molecule has 19 heavy (non-hydrogen) atoms. The van der Waals surface area contributed by atoms with Gasteiger partial charge in [0, 0.05) is 5.69 Å². The van der Waals surface area contributed by atoms with Gasteiger partial charge in [-0.3, -0.25) is 0 Å². The number of nitrogens with two attached hydrogens (primary N) is 1. The Labute approximate surface area is 114 Å². The van der Waals surface area contributed by atoms with Gasteiger partial charge in [0.1, 0.15) is 0 Å². The average molecular weight is 249 g/mol. The van der Waals surface area contributed by atoms with Crippen LogP contribution in [0.25, 0.3) is 16.7 Å². The van der Waals surface area contributed by atoms with Crippen molar-refractivity contribution in [2.24, 2.45) is 5.92 Å². The summed E-state index contributed by atoms with van der Waals surface area (Å²) >= 11 is 0. The van der Waals surface area contributed by atoms with Crippen LogP contribution in [0, 0.1) is 5.92 Å². The third kappa shape index (κ3) is 2.41. The van der Waals surface area contributed by atoms with Crippen molar-refractivity contribution < 1.29 is 0 Å². The van der Waals surface area contributed by atoms with Gasteiger partial charge in [-0.15, -0.1) is 0 Å². The molecule has 1 fully saturated rings. The number of nitrogen functional groups attached to an aromatic ring is 1. The lowest BCUT2D eigenvalue weighted by Gasteiger charge is -2.27. The van der Waals surface area contributed by atoms with Crippen LogP contribution in [0.1, 0.15) is 24.8 Å². The summed E-state index contributed by atoms with van der Waals surface area (Å²) in [5.41, 5.74) is 11.5. The monoisotopic (exact) mass is 249 g/mol. The quantitative estimate of drug-likeness (QED) is 0.780. The van der Waals surface area contributed by atoms with Crippen LogP contribution >= 0.6 is 0 Å². The van der Waals surface area contributed by atoms with Gasteiger partial charge in [0.2, 0.25) is 0 Å². The summed E-state index contributed by atoms with van der Waals surface area (Å²) < 4.78 is 0. The van der Waals surface area contributed by atoms with Crippen LogP contribution < -0.4 is 5.73 Å². The standard InChI is InChI=1S/C18H19N/c1-13(14-3-2-4-14)15-5-7-16(8-6-15)17-9-11-18(19)12-10-17/h5-12,14H,1-4,19H2. The van der Waals surface area contributed by atoms with Gasteiger partial charge in [-0.05, 0) is 53.2 Å². The minimum atomic E-state index is 0.711. The molecule has 0 amide bonds. The van der Waals surface area contributed by atoms with E-state index < -0.39 is 0 Å². The molecule has 0 saturated heterocycles. The second-order valence-corrected chi connectivity index (χ2v) is 5.35. The first-order valence-electron chi connectivity index (χ1n) is 6.89. The Hall–Kier alpha value is -2.02. The van der Waals surface area contributed by atoms with Crippen molar-refractivity contribution in [3.8, 4) is 11.1 Å². The molecule has 2 N–H and O–H groups in total. The van der Waals surface area contributed by atoms with Gasteiger partial charge < -0.3 is 5.73 Å². The fourth-order valence-corrected chi connectivity index (χ4v) is 2.54. The van der Waals surface area contributed by atoms with E-state index in [0.29, 0.717) is 5.92 Å². The molecule has 1 aliphatic rings. The first kappa shape index (κ1) is 12.0. The summed E-state index contributed by atoms with van der Waals surface area (Å²) in [6, 6.07) is 16.7. The Morgan fingerprint density at radius 2 is 1.42 bits per heavy atom. The molecule has 0 aromatic heterocycles. The Bertz CT molecular complexity index is 574. The van der Waals surface area contributed by atoms with Gasteiger partial charge in [0.05, 0.1) is 0 Å². The van der Waals surface area contributed by atoms with E-state index in [4.69, 9.17) is 5.73 Å². The van der Waals surface area contributed by atoms with Crippen molar-refractivity contribution in [1.29, 1.82) is 0 Å². The van der Waals surface area contributed by atoms with Crippen LogP contribution in [-0.2, 0) is 0 Å². The Morgan fingerprint density at radius 3 is 1.89 bits per heavy atom. The minimum Gasteiger partial charge on any atom is -0.399 e. The number of benzene rings is 2. The normalized spacial score (nSPS) is 14.9. The average Bonchev–Trinajstić information content (AvgIpc) is 2.38. The molecule has 0 spiro atoms. The number of hydrogen-bond acceptors (Lipinski definition) is 1. The zero-order valence-electron chi connectivity index (χ0n) is 11.1. The van der Waals surface area contributed by atoms with Crippen molar-refractivity contribution in [3.63, 3.8) is 0 Å². The van der Waals surface area contributed by atoms with E-state index in [1.807, 2.05) is 12.1 Å². The molecule has 96 valence electrons. The number of anilines is 1. The molecule has 3 rings (SSSR count). The SMILES string of the molecule is C=C(c1ccc(-c2ccc(N)cc2)cc1)C1CCC1. The molecule has 2 aromatic rings. The summed E-state index contributed by atoms with van der Waals surface area (Å²) in [5, 5.41) is 0. The lowest BCUT2D eigenvalue weighted by Crippen LogP contribution is -2.12. The lowest BCUT2D eigenvalue weighted by atomic mass is 9.78. The second-order valence-electron chi connectivity index (χ2n) is 5.35. The number of allylic oxidation sites excluding steroid dienone is 1. The number of hydrogen-bond donors (Lipinski definition) is 1. The van der Waals surface area contributed by atoms with E-state index in [0.717, 1.165) is 5.69 Å². The minimum absolute atomic E-state index is 0.711. The van der Waals surface area contributed by atoms with Gasteiger partial charge in [-0.1, -0.05) is 49.4 Å². The molecule has 0 aliphatic heterocycles. The Morgan fingerprint density at radius 1 is 0.895 bits per heavy atom. The summed E-state index contributed by atoms with van der Waals surface area (Å²) in [7, 11) is 0. The Kier molecular flexibility index (Phi) is 3.12. The first-order valence-corrected chi connectivity index (χ1v) is 6.89. The highest BCUT2D eigenvalue weighted by Gasteiger charge is 2.21. The van der Waals surface area contributed by atoms with Crippen LogP contribution in [-0.4, -0.2) is 0 Å². The molecule has 1 saturated carbocycles. The highest BCUT2D eigenvalue weighted by molar-refractivity contribution is 5.71. The van der Waals surface area contributed by atoms with E-state index in [2.05, 4.69) is 43.0 Å². The molecular formula is C18H19N. The highest BCUT2D eigenvalue weighted by atomic mass is 14.5. The molecule has 1 heteroatoms. The first-order chi connectivity index (χ1) is 9.24. The van der Waals surface area contributed by atoms with Crippen molar-refractivity contribution in [3.05, 3.63) is 60.7 Å². The zero-order valence-corrected chi connectivity index (χ0v) is 11.1. The van der Waals surface area contributed by atoms with Gasteiger partial charge >= 0.3 is 0 Å². The van der Waals surface area contributed by atoms with Gasteiger partial charge in [-0.2, -0.15) is 0 Å². The molecule has 2 aromatic carbocycles. The molecule has 0 bridgehead atoms. The number of rotatable bonds is 3. The molecule has 1 nitrogen and oxygen atoms in total. The van der Waals surface area contributed by atoms with Crippen molar-refractivity contribution in [1.82, 2.24) is 0 Å². The smallest absolute Gasteiger partial charge is 0.0314 e. The predicted molar refractivity (Wildman–Crippen MR) is 82.7 cm³/mol. The molecule has 0 radical (unpaired) electrons. The maximum Gasteiger partial charge on any atom is 0.0314 e. The molecule has 0 heterocycles. The van der Waals surface area contributed by atoms with Crippen LogP contribution in [0.5, 0.6) is 0 Å². The van der Waals surface area contributed by atoms with Crippen LogP contribution in [0.4, 0.5) is 5.69 Å². The third-order valence-corrected chi connectivity index (χ3v) is 4.10. The molecule has 0 atom stereocenters. The maximum absolute atomic E-state index is 5.71. The molecular weight excluding hydrogens is 230 g/mol. The fraction of sp³-hybridized carbons (Fsp3) is 0.222. The van der Waals surface area contributed by atoms with Crippen LogP contribution in [0.2, 0.25) is 0 Å². The summed E-state index contributed by atoms with van der Waals surface area (Å²) in [5.74, 6) is 0.711. The summed E-state index contributed by atoms with van der Waals surface area (Å²) in [6.45, 7) is 4.24. The molecule has 0 unspecified atom stereocenters. The topological polar surface area (TPSA) is 26.0 Å². The van der Waals surface area contributed by atoms with Crippen molar-refractivity contribution in [2.75, 3.05) is 5.73 Å². The third-order valence-electron chi connectivity index (χ3n) is 4.10. The van der Waals surface area contributed by atoms with E-state index in [9.17, 15) is 0 Å². The zero-order chi connectivity index (χ0) is 13.2. The van der Waals surface area contributed by atoms with Crippen molar-refractivity contribution >= 4 is 11.3 Å². The maximum atomic E-state index is 5.71. The van der Waals surface area contributed by atoms with Gasteiger partial charge in [-0.25, -0.2) is 0 Å². The summed E-state index contributed by atoms with van der Waals surface area (Å²) in [4.78, 5) is 0. The van der Waals surface area contributed by atoms with E-state index >= 15 is 0 Å². The van der Waals surface area contributed by atoms with Crippen molar-refractivity contribution in [2.45, 2.75) is 19.3 Å². The van der Waals surface area contributed by atoms with Gasteiger partial charge in [0.25, 0.3) is 0 Å². The highest BCUT2D eigenvalue weighted by Crippen LogP contribution is 2.37. The fourth-order valence-electron chi connectivity index (χ4n) is 2.54. The van der Waals surface area contributed by atoms with E-state index in [1.165, 1.54) is 41.5 Å². The van der Waals surface area contributed by atoms with Crippen LogP contribution in [0.15, 0.2) is 55.1 Å². The predicted octanol–water partition coefficient (Wildman–Crippen LogP) is 4.75. The second kappa shape index (κ2) is 4.93. The van der Waals surface area contributed by atoms with Crippen LogP contribution in [0.3, 0.4) is 0 Å².